The lowest BCUT2D eigenvalue weighted by Crippen LogP contribution is -1.90. The van der Waals surface area contributed by atoms with Gasteiger partial charge in [0.15, 0.2) is 0 Å². The average molecular weight is 294 g/mol. The van der Waals surface area contributed by atoms with Crippen molar-refractivity contribution in [3.63, 3.8) is 0 Å². The van der Waals surface area contributed by atoms with Crippen molar-refractivity contribution in [2.45, 2.75) is 20.3 Å². The van der Waals surface area contributed by atoms with Crippen LogP contribution in [0.1, 0.15) is 21.7 Å². The summed E-state index contributed by atoms with van der Waals surface area (Å²) in [5, 5.41) is 3.24. The molecular formula is C18H18N2S. The molecule has 106 valence electrons. The first-order chi connectivity index (χ1) is 10.1. The molecule has 0 radical (unpaired) electrons. The van der Waals surface area contributed by atoms with E-state index in [1.807, 2.05) is 24.3 Å². The van der Waals surface area contributed by atoms with Gasteiger partial charge < -0.3 is 5.73 Å². The summed E-state index contributed by atoms with van der Waals surface area (Å²) in [6.45, 7) is 4.29. The molecule has 21 heavy (non-hydrogen) atoms. The van der Waals surface area contributed by atoms with Gasteiger partial charge in [-0.15, -0.1) is 11.3 Å². The van der Waals surface area contributed by atoms with E-state index in [0.717, 1.165) is 28.4 Å². The van der Waals surface area contributed by atoms with Gasteiger partial charge in [-0.3, -0.25) is 0 Å². The fourth-order valence-electron chi connectivity index (χ4n) is 2.31. The minimum atomic E-state index is 0.774. The van der Waals surface area contributed by atoms with Crippen molar-refractivity contribution in [2.75, 3.05) is 5.73 Å². The Hall–Kier alpha value is -2.13. The number of aryl methyl sites for hydroxylation is 2. The van der Waals surface area contributed by atoms with Crippen molar-refractivity contribution in [3.8, 4) is 11.3 Å². The number of aromatic nitrogens is 1. The Balaban J connectivity index is 1.83. The maximum atomic E-state index is 5.83. The molecule has 0 aliphatic carbocycles. The molecule has 0 fully saturated rings. The lowest BCUT2D eigenvalue weighted by Gasteiger charge is -2.03. The Bertz CT molecular complexity index is 774. The van der Waals surface area contributed by atoms with E-state index in [1.165, 1.54) is 16.7 Å². The SMILES string of the molecule is Cc1ccc(Cc2nc(-c3cccc(N)c3)cs2)cc1C. The fraction of sp³-hybridized carbons (Fsp3) is 0.167. The minimum Gasteiger partial charge on any atom is -0.399 e. The van der Waals surface area contributed by atoms with Gasteiger partial charge in [-0.1, -0.05) is 30.3 Å². The van der Waals surface area contributed by atoms with Crippen LogP contribution in [0.3, 0.4) is 0 Å². The molecule has 2 nitrogen and oxygen atoms in total. The zero-order valence-electron chi connectivity index (χ0n) is 12.3. The third kappa shape index (κ3) is 3.14. The predicted octanol–water partition coefficient (Wildman–Crippen LogP) is 4.60. The standard InChI is InChI=1S/C18H18N2S/c1-12-6-7-14(8-13(12)2)9-18-20-17(11-21-18)15-4-3-5-16(19)10-15/h3-8,10-11H,9,19H2,1-2H3. The summed E-state index contributed by atoms with van der Waals surface area (Å²) in [7, 11) is 0. The number of rotatable bonds is 3. The molecular weight excluding hydrogens is 276 g/mol. The van der Waals surface area contributed by atoms with Crippen LogP contribution < -0.4 is 5.73 Å². The monoisotopic (exact) mass is 294 g/mol. The average Bonchev–Trinajstić information content (AvgIpc) is 2.91. The van der Waals surface area contributed by atoms with Crippen molar-refractivity contribution >= 4 is 17.0 Å². The summed E-state index contributed by atoms with van der Waals surface area (Å²) in [6, 6.07) is 14.5. The quantitative estimate of drug-likeness (QED) is 0.717. The smallest absolute Gasteiger partial charge is 0.0976 e. The van der Waals surface area contributed by atoms with Crippen LogP contribution in [0.4, 0.5) is 5.69 Å². The molecule has 0 spiro atoms. The third-order valence-corrected chi connectivity index (χ3v) is 4.51. The lowest BCUT2D eigenvalue weighted by molar-refractivity contribution is 1.13. The topological polar surface area (TPSA) is 38.9 Å². The van der Waals surface area contributed by atoms with Crippen LogP contribution in [0.5, 0.6) is 0 Å². The second-order valence-electron chi connectivity index (χ2n) is 5.35. The number of nitrogens with zero attached hydrogens (tertiary/aromatic N) is 1. The second kappa shape index (κ2) is 5.70. The van der Waals surface area contributed by atoms with Crippen molar-refractivity contribution in [3.05, 3.63) is 69.5 Å². The molecule has 0 unspecified atom stereocenters. The van der Waals surface area contributed by atoms with Gasteiger partial charge in [0.25, 0.3) is 0 Å². The molecule has 2 N–H and O–H groups in total. The Labute approximate surface area is 129 Å². The molecule has 3 rings (SSSR count). The highest BCUT2D eigenvalue weighted by Gasteiger charge is 2.06. The van der Waals surface area contributed by atoms with E-state index in [-0.39, 0.29) is 0 Å². The number of anilines is 1. The lowest BCUT2D eigenvalue weighted by atomic mass is 10.0. The number of thiazole rings is 1. The van der Waals surface area contributed by atoms with E-state index in [9.17, 15) is 0 Å². The molecule has 0 aliphatic heterocycles. The van der Waals surface area contributed by atoms with Gasteiger partial charge in [0, 0.05) is 23.1 Å². The molecule has 3 heteroatoms. The first kappa shape index (κ1) is 13.8. The number of nitrogens with two attached hydrogens (primary N) is 1. The van der Waals surface area contributed by atoms with E-state index in [1.54, 1.807) is 11.3 Å². The summed E-state index contributed by atoms with van der Waals surface area (Å²) in [4.78, 5) is 4.73. The van der Waals surface area contributed by atoms with Crippen molar-refractivity contribution in [2.24, 2.45) is 0 Å². The molecule has 0 bridgehead atoms. The van der Waals surface area contributed by atoms with Gasteiger partial charge in [-0.25, -0.2) is 4.98 Å². The predicted molar refractivity (Wildman–Crippen MR) is 90.7 cm³/mol. The summed E-state index contributed by atoms with van der Waals surface area (Å²) in [5.74, 6) is 0. The highest BCUT2D eigenvalue weighted by atomic mass is 32.1. The second-order valence-corrected chi connectivity index (χ2v) is 6.29. The van der Waals surface area contributed by atoms with Crippen LogP contribution >= 0.6 is 11.3 Å². The number of nitrogen functional groups attached to an aromatic ring is 1. The van der Waals surface area contributed by atoms with Gasteiger partial charge in [-0.05, 0) is 42.7 Å². The van der Waals surface area contributed by atoms with Crippen molar-refractivity contribution < 1.29 is 0 Å². The zero-order valence-corrected chi connectivity index (χ0v) is 13.1. The van der Waals surface area contributed by atoms with E-state index in [0.29, 0.717) is 0 Å². The Morgan fingerprint density at radius 1 is 1.05 bits per heavy atom. The highest BCUT2D eigenvalue weighted by molar-refractivity contribution is 7.10. The number of hydrogen-bond donors (Lipinski definition) is 1. The Morgan fingerprint density at radius 2 is 1.90 bits per heavy atom. The Kier molecular flexibility index (Phi) is 3.76. The molecule has 2 aromatic carbocycles. The van der Waals surface area contributed by atoms with E-state index >= 15 is 0 Å². The summed E-state index contributed by atoms with van der Waals surface area (Å²) in [5.41, 5.74) is 12.7. The zero-order chi connectivity index (χ0) is 14.8. The first-order valence-electron chi connectivity index (χ1n) is 6.98. The highest BCUT2D eigenvalue weighted by Crippen LogP contribution is 2.25. The fourth-order valence-corrected chi connectivity index (χ4v) is 3.15. The van der Waals surface area contributed by atoms with Gasteiger partial charge in [0.05, 0.1) is 10.7 Å². The van der Waals surface area contributed by atoms with Gasteiger partial charge in [-0.2, -0.15) is 0 Å². The van der Waals surface area contributed by atoms with E-state index in [4.69, 9.17) is 10.7 Å². The molecule has 0 saturated carbocycles. The third-order valence-electron chi connectivity index (χ3n) is 3.66. The molecule has 1 heterocycles. The maximum Gasteiger partial charge on any atom is 0.0976 e. The van der Waals surface area contributed by atoms with Crippen molar-refractivity contribution in [1.82, 2.24) is 4.98 Å². The summed E-state index contributed by atoms with van der Waals surface area (Å²) in [6.07, 6.45) is 0.883. The summed E-state index contributed by atoms with van der Waals surface area (Å²) >= 11 is 1.70. The van der Waals surface area contributed by atoms with Crippen LogP contribution in [-0.4, -0.2) is 4.98 Å². The summed E-state index contributed by atoms with van der Waals surface area (Å²) < 4.78 is 0. The molecule has 0 aliphatic rings. The number of hydrogen-bond acceptors (Lipinski definition) is 3. The van der Waals surface area contributed by atoms with Crippen LogP contribution in [0.15, 0.2) is 47.8 Å². The minimum absolute atomic E-state index is 0.774. The maximum absolute atomic E-state index is 5.83. The normalized spacial score (nSPS) is 10.8. The van der Waals surface area contributed by atoms with E-state index < -0.39 is 0 Å². The Morgan fingerprint density at radius 3 is 2.67 bits per heavy atom. The van der Waals surface area contributed by atoms with Gasteiger partial charge in [0.2, 0.25) is 0 Å². The van der Waals surface area contributed by atoms with Crippen LogP contribution in [-0.2, 0) is 6.42 Å². The first-order valence-corrected chi connectivity index (χ1v) is 7.86. The number of benzene rings is 2. The van der Waals surface area contributed by atoms with Crippen LogP contribution in [0.2, 0.25) is 0 Å². The van der Waals surface area contributed by atoms with Gasteiger partial charge >= 0.3 is 0 Å². The van der Waals surface area contributed by atoms with Gasteiger partial charge in [0.1, 0.15) is 0 Å². The van der Waals surface area contributed by atoms with Crippen LogP contribution in [0.25, 0.3) is 11.3 Å². The van der Waals surface area contributed by atoms with Crippen molar-refractivity contribution in [1.29, 1.82) is 0 Å². The largest absolute Gasteiger partial charge is 0.399 e. The molecule has 3 aromatic rings. The molecule has 1 aromatic heterocycles. The molecule has 0 amide bonds. The van der Waals surface area contributed by atoms with Crippen LogP contribution in [0, 0.1) is 13.8 Å². The van der Waals surface area contributed by atoms with E-state index in [2.05, 4.69) is 37.4 Å². The molecule has 0 saturated heterocycles. The molecule has 0 atom stereocenters.